The fourth-order valence-corrected chi connectivity index (χ4v) is 3.85. The Bertz CT molecular complexity index is 804. The Kier molecular flexibility index (Phi) is 5.57. The molecule has 1 aliphatic rings. The lowest BCUT2D eigenvalue weighted by molar-refractivity contribution is 0.1000. The van der Waals surface area contributed by atoms with Crippen LogP contribution in [-0.2, 0) is 13.0 Å². The number of primary amides is 1. The number of hydrogen-bond donors (Lipinski definition) is 1. The molecule has 0 radical (unpaired) electrons. The Morgan fingerprint density at radius 2 is 2.19 bits per heavy atom. The van der Waals surface area contributed by atoms with Crippen LogP contribution in [0, 0.1) is 19.8 Å². The van der Waals surface area contributed by atoms with Crippen molar-refractivity contribution in [3.05, 3.63) is 58.4 Å². The standard InChI is InChI=1S/C21H27N3O2/c1-14-11-23-19(15(2)20(14)26-3)13-24-8-7-17(12-24)9-16-5-4-6-18(10-16)21(22)25/h4-6,10-11,17H,7-9,12-13H2,1-3H3,(H2,22,25)/t17-/m0/s1. The largest absolute Gasteiger partial charge is 0.496 e. The molecule has 5 nitrogen and oxygen atoms in total. The Morgan fingerprint density at radius 1 is 1.38 bits per heavy atom. The Hall–Kier alpha value is -2.40. The van der Waals surface area contributed by atoms with Gasteiger partial charge in [-0.05, 0) is 56.8 Å². The van der Waals surface area contributed by atoms with Crippen molar-refractivity contribution < 1.29 is 9.53 Å². The molecule has 3 rings (SSSR count). The number of aromatic nitrogens is 1. The van der Waals surface area contributed by atoms with Gasteiger partial charge in [0.05, 0.1) is 12.8 Å². The number of likely N-dealkylation sites (tertiary alicyclic amines) is 1. The van der Waals surface area contributed by atoms with E-state index in [1.54, 1.807) is 13.2 Å². The third-order valence-electron chi connectivity index (χ3n) is 5.23. The van der Waals surface area contributed by atoms with Gasteiger partial charge in [-0.25, -0.2) is 0 Å². The molecule has 5 heteroatoms. The number of amides is 1. The molecule has 0 saturated carbocycles. The molecule has 2 aromatic rings. The number of nitrogens with two attached hydrogens (primary N) is 1. The maximum Gasteiger partial charge on any atom is 0.248 e. The second-order valence-corrected chi connectivity index (χ2v) is 7.20. The van der Waals surface area contributed by atoms with Gasteiger partial charge >= 0.3 is 0 Å². The molecule has 1 aromatic carbocycles. The normalized spacial score (nSPS) is 17.4. The summed E-state index contributed by atoms with van der Waals surface area (Å²) in [6.07, 6.45) is 4.02. The van der Waals surface area contributed by atoms with Gasteiger partial charge in [-0.2, -0.15) is 0 Å². The highest BCUT2D eigenvalue weighted by atomic mass is 16.5. The lowest BCUT2D eigenvalue weighted by Gasteiger charge is -2.19. The molecule has 2 heterocycles. The first-order valence-corrected chi connectivity index (χ1v) is 9.08. The van der Waals surface area contributed by atoms with Gasteiger partial charge < -0.3 is 10.5 Å². The van der Waals surface area contributed by atoms with Crippen molar-refractivity contribution in [2.75, 3.05) is 20.2 Å². The van der Waals surface area contributed by atoms with E-state index in [1.807, 2.05) is 25.3 Å². The molecule has 0 unspecified atom stereocenters. The maximum atomic E-state index is 11.4. The average Bonchev–Trinajstić information content (AvgIpc) is 3.05. The fraction of sp³-hybridized carbons (Fsp3) is 0.429. The summed E-state index contributed by atoms with van der Waals surface area (Å²) < 4.78 is 5.52. The van der Waals surface area contributed by atoms with Gasteiger partial charge in [-0.15, -0.1) is 0 Å². The molecular weight excluding hydrogens is 326 g/mol. The van der Waals surface area contributed by atoms with Crippen LogP contribution < -0.4 is 10.5 Å². The van der Waals surface area contributed by atoms with Gasteiger partial charge in [-0.3, -0.25) is 14.7 Å². The van der Waals surface area contributed by atoms with Crippen molar-refractivity contribution in [2.45, 2.75) is 33.2 Å². The van der Waals surface area contributed by atoms with E-state index < -0.39 is 0 Å². The van der Waals surface area contributed by atoms with E-state index in [2.05, 4.69) is 22.9 Å². The van der Waals surface area contributed by atoms with Crippen LogP contribution in [0.2, 0.25) is 0 Å². The Balaban J connectivity index is 1.63. The first-order valence-electron chi connectivity index (χ1n) is 9.08. The molecular formula is C21H27N3O2. The summed E-state index contributed by atoms with van der Waals surface area (Å²) in [6, 6.07) is 7.67. The van der Waals surface area contributed by atoms with E-state index in [0.29, 0.717) is 11.5 Å². The number of pyridine rings is 1. The molecule has 1 amide bonds. The van der Waals surface area contributed by atoms with E-state index in [9.17, 15) is 4.79 Å². The van der Waals surface area contributed by atoms with Gasteiger partial charge in [-0.1, -0.05) is 12.1 Å². The first kappa shape index (κ1) is 18.4. The molecule has 1 saturated heterocycles. The monoisotopic (exact) mass is 353 g/mol. The van der Waals surface area contributed by atoms with Crippen LogP contribution in [0.15, 0.2) is 30.5 Å². The van der Waals surface area contributed by atoms with E-state index in [-0.39, 0.29) is 5.91 Å². The highest BCUT2D eigenvalue weighted by Crippen LogP contribution is 2.27. The topological polar surface area (TPSA) is 68.4 Å². The van der Waals surface area contributed by atoms with Crippen molar-refractivity contribution in [1.82, 2.24) is 9.88 Å². The minimum absolute atomic E-state index is 0.366. The third kappa shape index (κ3) is 4.05. The van der Waals surface area contributed by atoms with E-state index >= 15 is 0 Å². The number of methoxy groups -OCH3 is 1. The van der Waals surface area contributed by atoms with Crippen LogP contribution in [0.3, 0.4) is 0 Å². The fourth-order valence-electron chi connectivity index (χ4n) is 3.85. The lowest BCUT2D eigenvalue weighted by Crippen LogP contribution is -2.22. The summed E-state index contributed by atoms with van der Waals surface area (Å²) in [7, 11) is 1.71. The van der Waals surface area contributed by atoms with E-state index in [4.69, 9.17) is 10.5 Å². The highest BCUT2D eigenvalue weighted by molar-refractivity contribution is 5.92. The minimum atomic E-state index is -0.366. The smallest absolute Gasteiger partial charge is 0.248 e. The van der Waals surface area contributed by atoms with Crippen LogP contribution in [0.4, 0.5) is 0 Å². The molecule has 138 valence electrons. The van der Waals surface area contributed by atoms with Crippen LogP contribution >= 0.6 is 0 Å². The maximum absolute atomic E-state index is 11.4. The molecule has 1 atom stereocenters. The van der Waals surface area contributed by atoms with Crippen molar-refractivity contribution in [2.24, 2.45) is 11.7 Å². The minimum Gasteiger partial charge on any atom is -0.496 e. The van der Waals surface area contributed by atoms with Gasteiger partial charge in [0.15, 0.2) is 0 Å². The van der Waals surface area contributed by atoms with Crippen LogP contribution in [0.1, 0.15) is 39.2 Å². The Labute approximate surface area is 155 Å². The van der Waals surface area contributed by atoms with E-state index in [1.165, 1.54) is 5.56 Å². The molecule has 0 aliphatic carbocycles. The van der Waals surface area contributed by atoms with Crippen molar-refractivity contribution >= 4 is 5.91 Å². The zero-order valence-electron chi connectivity index (χ0n) is 15.8. The number of carbonyl (C=O) groups is 1. The van der Waals surface area contributed by atoms with E-state index in [0.717, 1.165) is 55.0 Å². The molecule has 26 heavy (non-hydrogen) atoms. The summed E-state index contributed by atoms with van der Waals surface area (Å²) >= 11 is 0. The van der Waals surface area contributed by atoms with Crippen molar-refractivity contribution in [1.29, 1.82) is 0 Å². The molecule has 1 aliphatic heterocycles. The second kappa shape index (κ2) is 7.87. The number of rotatable bonds is 6. The predicted molar refractivity (Wildman–Crippen MR) is 102 cm³/mol. The van der Waals surface area contributed by atoms with Crippen LogP contribution in [0.5, 0.6) is 5.75 Å². The predicted octanol–water partition coefficient (Wildman–Crippen LogP) is 2.87. The number of benzene rings is 1. The number of ether oxygens (including phenoxy) is 1. The number of nitrogens with zero attached hydrogens (tertiary/aromatic N) is 2. The number of hydrogen-bond acceptors (Lipinski definition) is 4. The molecule has 2 N–H and O–H groups in total. The van der Waals surface area contributed by atoms with Gasteiger partial charge in [0.1, 0.15) is 5.75 Å². The van der Waals surface area contributed by atoms with Crippen LogP contribution in [-0.4, -0.2) is 36.0 Å². The average molecular weight is 353 g/mol. The summed E-state index contributed by atoms with van der Waals surface area (Å²) in [5.74, 6) is 1.16. The van der Waals surface area contributed by atoms with Gasteiger partial charge in [0.25, 0.3) is 0 Å². The molecule has 0 spiro atoms. The molecule has 1 fully saturated rings. The number of aryl methyl sites for hydroxylation is 1. The first-order chi connectivity index (χ1) is 12.5. The highest BCUT2D eigenvalue weighted by Gasteiger charge is 2.24. The summed E-state index contributed by atoms with van der Waals surface area (Å²) in [5.41, 5.74) is 10.4. The van der Waals surface area contributed by atoms with Gasteiger partial charge in [0.2, 0.25) is 5.91 Å². The SMILES string of the molecule is COc1c(C)cnc(CN2CC[C@@H](Cc3cccc(C(N)=O)c3)C2)c1C. The zero-order chi connectivity index (χ0) is 18.7. The summed E-state index contributed by atoms with van der Waals surface area (Å²) in [5, 5.41) is 0. The van der Waals surface area contributed by atoms with Gasteiger partial charge in [0, 0.05) is 36.0 Å². The second-order valence-electron chi connectivity index (χ2n) is 7.20. The quantitative estimate of drug-likeness (QED) is 0.867. The molecule has 1 aromatic heterocycles. The molecule has 0 bridgehead atoms. The Morgan fingerprint density at radius 3 is 2.92 bits per heavy atom. The summed E-state index contributed by atoms with van der Waals surface area (Å²) in [4.78, 5) is 18.4. The van der Waals surface area contributed by atoms with Crippen molar-refractivity contribution in [3.8, 4) is 5.75 Å². The zero-order valence-corrected chi connectivity index (χ0v) is 15.8. The van der Waals surface area contributed by atoms with Crippen LogP contribution in [0.25, 0.3) is 0 Å². The van der Waals surface area contributed by atoms with Crippen molar-refractivity contribution in [3.63, 3.8) is 0 Å². The third-order valence-corrected chi connectivity index (χ3v) is 5.23. The summed E-state index contributed by atoms with van der Waals surface area (Å²) in [6.45, 7) is 7.06. The number of carbonyl (C=O) groups excluding carboxylic acids is 1. The lowest BCUT2D eigenvalue weighted by atomic mass is 9.97.